The number of benzene rings is 1. The molecule has 144 valence electrons. The number of hydrogen-bond acceptors (Lipinski definition) is 4. The van der Waals surface area contributed by atoms with E-state index >= 15 is 0 Å². The number of carbonyl (C=O) groups excluding carboxylic acids is 2. The second-order valence-corrected chi connectivity index (χ2v) is 7.44. The van der Waals surface area contributed by atoms with Gasteiger partial charge in [0.2, 0.25) is 5.91 Å². The van der Waals surface area contributed by atoms with Crippen LogP contribution in [-0.4, -0.2) is 53.8 Å². The quantitative estimate of drug-likeness (QED) is 0.744. The molecule has 0 spiro atoms. The average molecular weight is 431 g/mol. The van der Waals surface area contributed by atoms with E-state index in [2.05, 4.69) is 5.32 Å². The summed E-state index contributed by atoms with van der Waals surface area (Å²) in [5.74, 6) is -0.0241. The van der Waals surface area contributed by atoms with Gasteiger partial charge in [-0.1, -0.05) is 34.8 Å². The summed E-state index contributed by atoms with van der Waals surface area (Å²) in [6.45, 7) is 4.01. The molecule has 2 heterocycles. The molecule has 0 saturated carbocycles. The summed E-state index contributed by atoms with van der Waals surface area (Å²) in [5, 5.41) is 3.74. The van der Waals surface area contributed by atoms with Crippen molar-refractivity contribution in [2.75, 3.05) is 31.5 Å². The summed E-state index contributed by atoms with van der Waals surface area (Å²) >= 11 is 18.0. The highest BCUT2D eigenvalue weighted by molar-refractivity contribution is 6.44. The summed E-state index contributed by atoms with van der Waals surface area (Å²) in [7, 11) is 0. The lowest BCUT2D eigenvalue weighted by Gasteiger charge is -2.37. The molecule has 27 heavy (non-hydrogen) atoms. The van der Waals surface area contributed by atoms with E-state index in [-0.39, 0.29) is 11.8 Å². The van der Waals surface area contributed by atoms with Crippen LogP contribution in [0.3, 0.4) is 0 Å². The Balaban J connectivity index is 1.57. The molecule has 0 radical (unpaired) electrons. The number of hydrogen-bond donors (Lipinski definition) is 1. The first-order valence-corrected chi connectivity index (χ1v) is 9.52. The molecule has 0 aliphatic carbocycles. The monoisotopic (exact) mass is 429 g/mol. The number of rotatable bonds is 4. The highest BCUT2D eigenvalue weighted by Crippen LogP contribution is 2.32. The van der Waals surface area contributed by atoms with Gasteiger partial charge in [0.25, 0.3) is 5.91 Å². The number of amides is 2. The molecule has 1 saturated heterocycles. The summed E-state index contributed by atoms with van der Waals surface area (Å²) in [4.78, 5) is 28.6. The van der Waals surface area contributed by atoms with E-state index < -0.39 is 6.04 Å². The van der Waals surface area contributed by atoms with E-state index in [1.165, 1.54) is 18.4 Å². The number of piperazine rings is 1. The Labute approximate surface area is 171 Å². The number of anilines is 1. The fourth-order valence-corrected chi connectivity index (χ4v) is 3.48. The predicted molar refractivity (Wildman–Crippen MR) is 106 cm³/mol. The third-order valence-corrected chi connectivity index (χ3v) is 5.56. The van der Waals surface area contributed by atoms with Crippen LogP contribution >= 0.6 is 34.8 Å². The zero-order valence-electron chi connectivity index (χ0n) is 14.5. The summed E-state index contributed by atoms with van der Waals surface area (Å²) in [6.07, 6.45) is 1.48. The first-order valence-electron chi connectivity index (χ1n) is 8.39. The molecule has 3 rings (SSSR count). The lowest BCUT2D eigenvalue weighted by Crippen LogP contribution is -2.54. The van der Waals surface area contributed by atoms with Crippen LogP contribution in [0.2, 0.25) is 15.1 Å². The molecule has 1 aromatic carbocycles. The summed E-state index contributed by atoms with van der Waals surface area (Å²) in [6, 6.07) is 5.95. The fraction of sp³-hybridized carbons (Fsp3) is 0.333. The lowest BCUT2D eigenvalue weighted by molar-refractivity contribution is -0.121. The molecular weight excluding hydrogens is 413 g/mol. The third-order valence-electron chi connectivity index (χ3n) is 4.53. The van der Waals surface area contributed by atoms with Gasteiger partial charge in [0.15, 0.2) is 5.76 Å². The Morgan fingerprint density at radius 2 is 1.74 bits per heavy atom. The minimum atomic E-state index is -0.392. The number of nitrogens with zero attached hydrogens (tertiary/aromatic N) is 2. The molecule has 9 heteroatoms. The highest BCUT2D eigenvalue weighted by atomic mass is 35.5. The second kappa shape index (κ2) is 8.52. The lowest BCUT2D eigenvalue weighted by atomic mass is 10.2. The maximum atomic E-state index is 12.6. The number of halogens is 3. The van der Waals surface area contributed by atoms with Crippen molar-refractivity contribution in [3.8, 4) is 0 Å². The van der Waals surface area contributed by atoms with Crippen molar-refractivity contribution in [1.29, 1.82) is 0 Å². The number of carbonyl (C=O) groups is 2. The van der Waals surface area contributed by atoms with Crippen molar-refractivity contribution in [2.24, 2.45) is 0 Å². The van der Waals surface area contributed by atoms with Crippen LogP contribution in [0.15, 0.2) is 34.9 Å². The van der Waals surface area contributed by atoms with Crippen molar-refractivity contribution in [3.05, 3.63) is 51.4 Å². The Hall–Kier alpha value is -1.73. The van der Waals surface area contributed by atoms with Gasteiger partial charge in [0.1, 0.15) is 0 Å². The van der Waals surface area contributed by atoms with Gasteiger partial charge >= 0.3 is 0 Å². The van der Waals surface area contributed by atoms with E-state index in [1.807, 2.05) is 11.8 Å². The predicted octanol–water partition coefficient (Wildman–Crippen LogP) is 4.02. The second-order valence-electron chi connectivity index (χ2n) is 6.22. The minimum Gasteiger partial charge on any atom is -0.459 e. The van der Waals surface area contributed by atoms with Gasteiger partial charge in [0, 0.05) is 26.2 Å². The Morgan fingerprint density at radius 3 is 2.37 bits per heavy atom. The molecule has 0 bridgehead atoms. The molecule has 1 N–H and O–H groups in total. The smallest absolute Gasteiger partial charge is 0.289 e. The maximum absolute atomic E-state index is 12.6. The average Bonchev–Trinajstić information content (AvgIpc) is 3.19. The van der Waals surface area contributed by atoms with Crippen molar-refractivity contribution in [2.45, 2.75) is 13.0 Å². The van der Waals surface area contributed by atoms with Gasteiger partial charge in [-0.2, -0.15) is 0 Å². The van der Waals surface area contributed by atoms with Crippen molar-refractivity contribution in [3.63, 3.8) is 0 Å². The van der Waals surface area contributed by atoms with Crippen LogP contribution in [0.25, 0.3) is 0 Å². The molecule has 6 nitrogen and oxygen atoms in total. The van der Waals surface area contributed by atoms with Crippen molar-refractivity contribution < 1.29 is 14.0 Å². The molecular formula is C18H18Cl3N3O3. The van der Waals surface area contributed by atoms with Gasteiger partial charge in [0.05, 0.1) is 33.1 Å². The van der Waals surface area contributed by atoms with Crippen LogP contribution in [0, 0.1) is 0 Å². The molecule has 1 aliphatic heterocycles. The minimum absolute atomic E-state index is 0.139. The van der Waals surface area contributed by atoms with Crippen LogP contribution in [0.1, 0.15) is 17.5 Å². The van der Waals surface area contributed by atoms with Crippen LogP contribution in [0.4, 0.5) is 5.69 Å². The molecule has 2 amide bonds. The largest absolute Gasteiger partial charge is 0.459 e. The summed E-state index contributed by atoms with van der Waals surface area (Å²) < 4.78 is 5.16. The molecule has 1 fully saturated rings. The first kappa shape index (κ1) is 20.0. The van der Waals surface area contributed by atoms with E-state index in [9.17, 15) is 9.59 Å². The van der Waals surface area contributed by atoms with Gasteiger partial charge < -0.3 is 14.6 Å². The summed E-state index contributed by atoms with van der Waals surface area (Å²) in [5.41, 5.74) is 0.412. The van der Waals surface area contributed by atoms with E-state index in [4.69, 9.17) is 39.2 Å². The maximum Gasteiger partial charge on any atom is 0.289 e. The van der Waals surface area contributed by atoms with Crippen LogP contribution < -0.4 is 5.32 Å². The highest BCUT2D eigenvalue weighted by Gasteiger charge is 2.29. The molecule has 1 atom stereocenters. The zero-order chi connectivity index (χ0) is 19.6. The molecule has 2 aromatic rings. The van der Waals surface area contributed by atoms with Crippen LogP contribution in [-0.2, 0) is 4.79 Å². The van der Waals surface area contributed by atoms with Gasteiger partial charge in [-0.15, -0.1) is 0 Å². The molecule has 1 unspecified atom stereocenters. The van der Waals surface area contributed by atoms with Crippen molar-refractivity contribution >= 4 is 52.3 Å². The topological polar surface area (TPSA) is 65.8 Å². The van der Waals surface area contributed by atoms with E-state index in [1.54, 1.807) is 17.0 Å². The van der Waals surface area contributed by atoms with Gasteiger partial charge in [-0.3, -0.25) is 14.5 Å². The van der Waals surface area contributed by atoms with Crippen LogP contribution in [0.5, 0.6) is 0 Å². The molecule has 1 aromatic heterocycles. The van der Waals surface area contributed by atoms with Crippen molar-refractivity contribution in [1.82, 2.24) is 9.80 Å². The number of furan rings is 1. The molecule has 1 aliphatic rings. The SMILES string of the molecule is CC(C(=O)Nc1cc(Cl)c(Cl)cc1Cl)N1CCN(C(=O)c2ccco2)CC1. The van der Waals surface area contributed by atoms with E-state index in [0.29, 0.717) is 52.7 Å². The van der Waals surface area contributed by atoms with E-state index in [0.717, 1.165) is 0 Å². The Morgan fingerprint density at radius 1 is 1.07 bits per heavy atom. The third kappa shape index (κ3) is 4.58. The van der Waals surface area contributed by atoms with Gasteiger partial charge in [-0.25, -0.2) is 0 Å². The normalized spacial score (nSPS) is 16.2. The van der Waals surface area contributed by atoms with Gasteiger partial charge in [-0.05, 0) is 31.2 Å². The number of nitrogens with one attached hydrogen (secondary N) is 1. The Kier molecular flexibility index (Phi) is 6.32. The standard InChI is InChI=1S/C18H18Cl3N3O3/c1-11(17(25)22-15-10-13(20)12(19)9-14(15)21)23-4-6-24(7-5-23)18(26)16-3-2-8-27-16/h2-3,8-11H,4-7H2,1H3,(H,22,25). The Bertz CT molecular complexity index is 834. The zero-order valence-corrected chi connectivity index (χ0v) is 16.8. The first-order chi connectivity index (χ1) is 12.9. The fourth-order valence-electron chi connectivity index (χ4n) is 2.89.